The number of esters is 1. The van der Waals surface area contributed by atoms with Crippen LogP contribution in [0.25, 0.3) is 0 Å². The third-order valence-electron chi connectivity index (χ3n) is 3.90. The minimum atomic E-state index is -0.203. The van der Waals surface area contributed by atoms with Crippen LogP contribution in [-0.2, 0) is 9.53 Å². The zero-order valence-corrected chi connectivity index (χ0v) is 11.8. The number of hydrogen-bond acceptors (Lipinski definition) is 3. The first kappa shape index (κ1) is 14.1. The molecule has 0 spiro atoms. The molecule has 3 heteroatoms. The Kier molecular flexibility index (Phi) is 4.97. The van der Waals surface area contributed by atoms with Crippen molar-refractivity contribution in [3.05, 3.63) is 35.4 Å². The van der Waals surface area contributed by atoms with Crippen molar-refractivity contribution in [2.75, 3.05) is 13.7 Å². The maximum absolute atomic E-state index is 12.0. The fourth-order valence-electron chi connectivity index (χ4n) is 2.78. The molecule has 1 aliphatic rings. The van der Waals surface area contributed by atoms with Gasteiger partial charge < -0.3 is 10.1 Å². The zero-order chi connectivity index (χ0) is 13.7. The van der Waals surface area contributed by atoms with E-state index < -0.39 is 0 Å². The first-order valence-electron chi connectivity index (χ1n) is 7.08. The molecular weight excluding hydrogens is 238 g/mol. The van der Waals surface area contributed by atoms with Crippen LogP contribution in [0.5, 0.6) is 0 Å². The van der Waals surface area contributed by atoms with Gasteiger partial charge in [0.15, 0.2) is 0 Å². The van der Waals surface area contributed by atoms with Crippen LogP contribution < -0.4 is 5.32 Å². The number of hydrogen-bond donors (Lipinski definition) is 1. The van der Waals surface area contributed by atoms with Crippen molar-refractivity contribution in [3.63, 3.8) is 0 Å². The van der Waals surface area contributed by atoms with Crippen molar-refractivity contribution in [2.45, 2.75) is 44.6 Å². The number of carbonyl (C=O) groups is 1. The number of ether oxygens (including phenoxy) is 1. The summed E-state index contributed by atoms with van der Waals surface area (Å²) in [6.45, 7) is 2.71. The van der Waals surface area contributed by atoms with Crippen LogP contribution in [0.4, 0.5) is 0 Å². The molecule has 2 rings (SSSR count). The first-order chi connectivity index (χ1) is 9.20. The van der Waals surface area contributed by atoms with Crippen LogP contribution in [0.2, 0.25) is 0 Å². The summed E-state index contributed by atoms with van der Waals surface area (Å²) in [5.41, 5.74) is 2.21. The Morgan fingerprint density at radius 1 is 1.42 bits per heavy atom. The van der Waals surface area contributed by atoms with E-state index in [-0.39, 0.29) is 11.9 Å². The van der Waals surface area contributed by atoms with E-state index >= 15 is 0 Å². The largest absolute Gasteiger partial charge is 0.469 e. The molecule has 1 unspecified atom stereocenters. The molecule has 0 aliphatic heterocycles. The molecule has 0 amide bonds. The quantitative estimate of drug-likeness (QED) is 0.828. The van der Waals surface area contributed by atoms with Gasteiger partial charge in [0.1, 0.15) is 0 Å². The summed E-state index contributed by atoms with van der Waals surface area (Å²) in [5, 5.41) is 3.51. The lowest BCUT2D eigenvalue weighted by molar-refractivity contribution is -0.142. The second-order valence-corrected chi connectivity index (χ2v) is 5.38. The van der Waals surface area contributed by atoms with E-state index in [1.165, 1.54) is 38.4 Å². The van der Waals surface area contributed by atoms with Gasteiger partial charge in [-0.15, -0.1) is 0 Å². The number of rotatable bonds is 5. The van der Waals surface area contributed by atoms with Crippen LogP contribution in [-0.4, -0.2) is 25.7 Å². The third kappa shape index (κ3) is 3.80. The van der Waals surface area contributed by atoms with Gasteiger partial charge in [0, 0.05) is 12.6 Å². The molecule has 0 saturated heterocycles. The average Bonchev–Trinajstić information content (AvgIpc) is 2.92. The van der Waals surface area contributed by atoms with E-state index in [0.717, 1.165) is 5.56 Å². The van der Waals surface area contributed by atoms with E-state index in [1.807, 2.05) is 25.1 Å². The molecule has 1 aromatic rings. The lowest BCUT2D eigenvalue weighted by Crippen LogP contribution is -2.33. The van der Waals surface area contributed by atoms with Crippen molar-refractivity contribution >= 4 is 5.97 Å². The minimum Gasteiger partial charge on any atom is -0.469 e. The van der Waals surface area contributed by atoms with Crippen LogP contribution in [0.15, 0.2) is 24.3 Å². The number of benzene rings is 1. The lowest BCUT2D eigenvalue weighted by atomic mass is 9.97. The molecule has 1 fully saturated rings. The smallest absolute Gasteiger partial charge is 0.314 e. The van der Waals surface area contributed by atoms with Gasteiger partial charge in [-0.3, -0.25) is 4.79 Å². The Bertz CT molecular complexity index is 425. The second kappa shape index (κ2) is 6.71. The van der Waals surface area contributed by atoms with Crippen molar-refractivity contribution in [3.8, 4) is 0 Å². The predicted molar refractivity (Wildman–Crippen MR) is 76.2 cm³/mol. The van der Waals surface area contributed by atoms with Gasteiger partial charge in [-0.1, -0.05) is 42.7 Å². The number of methoxy groups -OCH3 is 1. The number of nitrogens with one attached hydrogen (secondary N) is 1. The third-order valence-corrected chi connectivity index (χ3v) is 3.90. The highest BCUT2D eigenvalue weighted by atomic mass is 16.5. The molecule has 0 bridgehead atoms. The van der Waals surface area contributed by atoms with Gasteiger partial charge in [0.2, 0.25) is 0 Å². The Labute approximate surface area is 115 Å². The fourth-order valence-corrected chi connectivity index (χ4v) is 2.78. The van der Waals surface area contributed by atoms with Gasteiger partial charge in [-0.05, 0) is 25.3 Å². The van der Waals surface area contributed by atoms with E-state index in [0.29, 0.717) is 12.6 Å². The molecule has 1 aliphatic carbocycles. The van der Waals surface area contributed by atoms with Gasteiger partial charge in [-0.2, -0.15) is 0 Å². The SMILES string of the molecule is COC(=O)C(CNC1CCCC1)c1cccc(C)c1. The van der Waals surface area contributed by atoms with Crippen LogP contribution in [0.1, 0.15) is 42.7 Å². The van der Waals surface area contributed by atoms with Crippen LogP contribution in [0.3, 0.4) is 0 Å². The zero-order valence-electron chi connectivity index (χ0n) is 11.8. The summed E-state index contributed by atoms with van der Waals surface area (Å²) in [6, 6.07) is 8.68. The van der Waals surface area contributed by atoms with E-state index in [9.17, 15) is 4.79 Å². The summed E-state index contributed by atoms with van der Waals surface area (Å²) in [4.78, 5) is 12.0. The minimum absolute atomic E-state index is 0.156. The summed E-state index contributed by atoms with van der Waals surface area (Å²) in [6.07, 6.45) is 5.04. The summed E-state index contributed by atoms with van der Waals surface area (Å²) in [5.74, 6) is -0.360. The second-order valence-electron chi connectivity index (χ2n) is 5.38. The Morgan fingerprint density at radius 3 is 2.79 bits per heavy atom. The maximum atomic E-state index is 12.0. The van der Waals surface area contributed by atoms with Crippen molar-refractivity contribution in [2.24, 2.45) is 0 Å². The Balaban J connectivity index is 2.04. The van der Waals surface area contributed by atoms with E-state index in [4.69, 9.17) is 4.74 Å². The highest BCUT2D eigenvalue weighted by Crippen LogP contribution is 2.21. The van der Waals surface area contributed by atoms with Gasteiger partial charge >= 0.3 is 5.97 Å². The summed E-state index contributed by atoms with van der Waals surface area (Å²) < 4.78 is 4.94. The monoisotopic (exact) mass is 261 g/mol. The Morgan fingerprint density at radius 2 is 2.16 bits per heavy atom. The van der Waals surface area contributed by atoms with Gasteiger partial charge in [0.05, 0.1) is 13.0 Å². The highest BCUT2D eigenvalue weighted by Gasteiger charge is 2.23. The molecule has 1 N–H and O–H groups in total. The van der Waals surface area contributed by atoms with Crippen LogP contribution in [0, 0.1) is 6.92 Å². The molecule has 19 heavy (non-hydrogen) atoms. The van der Waals surface area contributed by atoms with Crippen molar-refractivity contribution in [1.29, 1.82) is 0 Å². The van der Waals surface area contributed by atoms with Gasteiger partial charge in [0.25, 0.3) is 0 Å². The standard InChI is InChI=1S/C16H23NO2/c1-12-6-5-7-13(10-12)15(16(18)19-2)11-17-14-8-3-4-9-14/h5-7,10,14-15,17H,3-4,8-9,11H2,1-2H3. The number of aryl methyl sites for hydroxylation is 1. The molecular formula is C16H23NO2. The summed E-state index contributed by atoms with van der Waals surface area (Å²) >= 11 is 0. The molecule has 1 saturated carbocycles. The topological polar surface area (TPSA) is 38.3 Å². The first-order valence-corrected chi connectivity index (χ1v) is 7.08. The molecule has 0 radical (unpaired) electrons. The van der Waals surface area contributed by atoms with Gasteiger partial charge in [-0.25, -0.2) is 0 Å². The highest BCUT2D eigenvalue weighted by molar-refractivity contribution is 5.78. The Hall–Kier alpha value is -1.35. The normalized spacial score (nSPS) is 17.4. The van der Waals surface area contributed by atoms with Crippen LogP contribution >= 0.6 is 0 Å². The molecule has 0 aromatic heterocycles. The van der Waals surface area contributed by atoms with Crippen molar-refractivity contribution < 1.29 is 9.53 Å². The molecule has 3 nitrogen and oxygen atoms in total. The summed E-state index contributed by atoms with van der Waals surface area (Å²) in [7, 11) is 1.46. The predicted octanol–water partition coefficient (Wildman–Crippen LogP) is 2.78. The molecule has 0 heterocycles. The maximum Gasteiger partial charge on any atom is 0.314 e. The number of carbonyl (C=O) groups excluding carboxylic acids is 1. The molecule has 104 valence electrons. The lowest BCUT2D eigenvalue weighted by Gasteiger charge is -2.19. The average molecular weight is 261 g/mol. The molecule has 1 aromatic carbocycles. The van der Waals surface area contributed by atoms with E-state index in [1.54, 1.807) is 0 Å². The molecule has 1 atom stereocenters. The fraction of sp³-hybridized carbons (Fsp3) is 0.562. The van der Waals surface area contributed by atoms with Crippen molar-refractivity contribution in [1.82, 2.24) is 5.32 Å². The van der Waals surface area contributed by atoms with E-state index in [2.05, 4.69) is 11.4 Å².